The van der Waals surface area contributed by atoms with E-state index in [1.54, 1.807) is 21.3 Å². The van der Waals surface area contributed by atoms with Crippen molar-refractivity contribution in [1.29, 1.82) is 0 Å². The highest BCUT2D eigenvalue weighted by molar-refractivity contribution is 6.02. The zero-order valence-electron chi connectivity index (χ0n) is 19.1. The molecule has 1 aromatic carbocycles. The molecule has 1 aliphatic heterocycles. The van der Waals surface area contributed by atoms with Crippen molar-refractivity contribution < 1.29 is 19.1 Å². The molecule has 2 aromatic rings. The van der Waals surface area contributed by atoms with Gasteiger partial charge in [0.15, 0.2) is 0 Å². The van der Waals surface area contributed by atoms with E-state index in [9.17, 15) is 9.59 Å². The van der Waals surface area contributed by atoms with E-state index in [1.165, 1.54) is 9.91 Å². The molecule has 8 nitrogen and oxygen atoms in total. The van der Waals surface area contributed by atoms with Gasteiger partial charge in [-0.3, -0.25) is 9.59 Å². The maximum Gasteiger partial charge on any atom is 0.262 e. The van der Waals surface area contributed by atoms with Crippen LogP contribution in [0.1, 0.15) is 43.0 Å². The number of nitrogens with zero attached hydrogens (tertiary/aromatic N) is 4. The van der Waals surface area contributed by atoms with Gasteiger partial charge in [0, 0.05) is 38.2 Å². The fourth-order valence-corrected chi connectivity index (χ4v) is 4.32. The normalized spacial score (nSPS) is 18.2. The van der Waals surface area contributed by atoms with Gasteiger partial charge < -0.3 is 18.9 Å². The van der Waals surface area contributed by atoms with E-state index in [2.05, 4.69) is 0 Å². The predicted molar refractivity (Wildman–Crippen MR) is 121 cm³/mol. The van der Waals surface area contributed by atoms with E-state index >= 15 is 0 Å². The average molecular weight is 439 g/mol. The van der Waals surface area contributed by atoms with Gasteiger partial charge in [0.05, 0.1) is 31.7 Å². The molecular formula is C24H30N4O4. The molecule has 2 aliphatic rings. The molecule has 4 rings (SSSR count). The number of amides is 2. The first-order chi connectivity index (χ1) is 15.4. The highest BCUT2D eigenvalue weighted by Gasteiger charge is 2.37. The Hall–Kier alpha value is -3.29. The first kappa shape index (κ1) is 21.9. The number of rotatable bonds is 7. The van der Waals surface area contributed by atoms with Crippen molar-refractivity contribution in [3.05, 3.63) is 47.8 Å². The van der Waals surface area contributed by atoms with Crippen molar-refractivity contribution in [3.63, 3.8) is 0 Å². The lowest BCUT2D eigenvalue weighted by molar-refractivity contribution is -0.144. The number of hydrogen-bond acceptors (Lipinski definition) is 5. The molecule has 1 aromatic heterocycles. The summed E-state index contributed by atoms with van der Waals surface area (Å²) in [6.45, 7) is -0.0119. The Morgan fingerprint density at radius 3 is 2.56 bits per heavy atom. The Bertz CT molecular complexity index is 1040. The third-order valence-electron chi connectivity index (χ3n) is 6.40. The van der Waals surface area contributed by atoms with Crippen molar-refractivity contribution in [2.24, 2.45) is 18.1 Å². The number of methoxy groups -OCH3 is 2. The molecule has 0 saturated heterocycles. The predicted octanol–water partition coefficient (Wildman–Crippen LogP) is 2.98. The molecule has 2 amide bonds. The van der Waals surface area contributed by atoms with Gasteiger partial charge in [-0.05, 0) is 43.2 Å². The summed E-state index contributed by atoms with van der Waals surface area (Å²) in [4.78, 5) is 27.5. The van der Waals surface area contributed by atoms with Crippen LogP contribution in [0.15, 0.2) is 41.6 Å². The molecule has 0 bridgehead atoms. The molecule has 1 unspecified atom stereocenters. The summed E-state index contributed by atoms with van der Waals surface area (Å²) in [5.74, 6) is 1.20. The lowest BCUT2D eigenvalue weighted by atomic mass is 9.84. The first-order valence-electron chi connectivity index (χ1n) is 10.9. The van der Waals surface area contributed by atoms with Crippen LogP contribution in [0.3, 0.4) is 0 Å². The van der Waals surface area contributed by atoms with Gasteiger partial charge in [0.25, 0.3) is 5.91 Å². The van der Waals surface area contributed by atoms with Crippen molar-refractivity contribution in [1.82, 2.24) is 14.5 Å². The summed E-state index contributed by atoms with van der Waals surface area (Å²) in [7, 11) is 6.86. The number of ether oxygens (including phenoxy) is 2. The minimum atomic E-state index is -0.357. The van der Waals surface area contributed by atoms with Crippen molar-refractivity contribution >= 4 is 17.5 Å². The zero-order chi connectivity index (χ0) is 22.8. The molecule has 1 atom stereocenters. The molecular weight excluding hydrogens is 408 g/mol. The van der Waals surface area contributed by atoms with Gasteiger partial charge >= 0.3 is 0 Å². The molecule has 32 heavy (non-hydrogen) atoms. The first-order valence-corrected chi connectivity index (χ1v) is 10.9. The van der Waals surface area contributed by atoms with E-state index in [-0.39, 0.29) is 30.3 Å². The molecule has 1 fully saturated rings. The van der Waals surface area contributed by atoms with Gasteiger partial charge in [-0.15, -0.1) is 0 Å². The number of carbonyl (C=O) groups excluding carboxylic acids is 2. The third kappa shape index (κ3) is 4.09. The van der Waals surface area contributed by atoms with Crippen LogP contribution in [0.2, 0.25) is 0 Å². The van der Waals surface area contributed by atoms with Gasteiger partial charge in [0.1, 0.15) is 18.0 Å². The highest BCUT2D eigenvalue weighted by atomic mass is 16.5. The number of aryl methyl sites for hydroxylation is 1. The standard InChI is InChI=1S/C24H30N4O4/c1-26-12-6-9-20(26)19-14-21(18-13-17(31-3)10-11-22(18)32-4)28(25-19)23(29)15-27(2)24(30)16-7-5-8-16/h6,9-13,16,21H,5,7-8,14-15H2,1-4H3. The van der Waals surface area contributed by atoms with Crippen LogP contribution >= 0.6 is 0 Å². The summed E-state index contributed by atoms with van der Waals surface area (Å²) in [5.41, 5.74) is 2.58. The summed E-state index contributed by atoms with van der Waals surface area (Å²) in [5, 5.41) is 6.22. The van der Waals surface area contributed by atoms with E-state index in [0.717, 1.165) is 36.2 Å². The van der Waals surface area contributed by atoms with Gasteiger partial charge in [-0.1, -0.05) is 6.42 Å². The Morgan fingerprint density at radius 1 is 1.19 bits per heavy atom. The minimum absolute atomic E-state index is 0.0119. The van der Waals surface area contributed by atoms with Crippen LogP contribution in [0.5, 0.6) is 11.5 Å². The Kier molecular flexibility index (Phi) is 6.21. The maximum atomic E-state index is 13.4. The number of aromatic nitrogens is 1. The van der Waals surface area contributed by atoms with E-state index in [4.69, 9.17) is 14.6 Å². The molecule has 0 N–H and O–H groups in total. The van der Waals surface area contributed by atoms with Crippen molar-refractivity contribution in [3.8, 4) is 11.5 Å². The number of carbonyl (C=O) groups is 2. The number of hydrogen-bond donors (Lipinski definition) is 0. The molecule has 1 aliphatic carbocycles. The molecule has 8 heteroatoms. The van der Waals surface area contributed by atoms with Crippen LogP contribution < -0.4 is 9.47 Å². The molecule has 0 radical (unpaired) electrons. The van der Waals surface area contributed by atoms with Gasteiger partial charge in [-0.2, -0.15) is 5.10 Å². The highest BCUT2D eigenvalue weighted by Crippen LogP contribution is 2.39. The quantitative estimate of drug-likeness (QED) is 0.666. The van der Waals surface area contributed by atoms with E-state index in [1.807, 2.05) is 48.1 Å². The molecule has 170 valence electrons. The second-order valence-electron chi connectivity index (χ2n) is 8.44. The third-order valence-corrected chi connectivity index (χ3v) is 6.40. The van der Waals surface area contributed by atoms with Crippen LogP contribution in [0.4, 0.5) is 0 Å². The second kappa shape index (κ2) is 9.06. The topological polar surface area (TPSA) is 76.4 Å². The van der Waals surface area contributed by atoms with Crippen LogP contribution in [0.25, 0.3) is 0 Å². The monoisotopic (exact) mass is 438 g/mol. The minimum Gasteiger partial charge on any atom is -0.497 e. The molecule has 2 heterocycles. The molecule has 1 saturated carbocycles. The lowest BCUT2D eigenvalue weighted by Crippen LogP contribution is -2.42. The number of benzene rings is 1. The Labute approximate surface area is 188 Å². The van der Waals surface area contributed by atoms with E-state index < -0.39 is 0 Å². The molecule has 0 spiro atoms. The Morgan fingerprint density at radius 2 is 1.97 bits per heavy atom. The number of hydrazone groups is 1. The summed E-state index contributed by atoms with van der Waals surface area (Å²) >= 11 is 0. The Balaban J connectivity index is 1.65. The smallest absolute Gasteiger partial charge is 0.262 e. The zero-order valence-corrected chi connectivity index (χ0v) is 19.1. The van der Waals surface area contributed by atoms with Crippen molar-refractivity contribution in [2.75, 3.05) is 27.8 Å². The SMILES string of the molecule is COc1ccc(OC)c(C2CC(c3cccn3C)=NN2C(=O)CN(C)C(=O)C2CCC2)c1. The summed E-state index contributed by atoms with van der Waals surface area (Å²) in [6.07, 6.45) is 5.37. The average Bonchev–Trinajstić information content (AvgIpc) is 3.38. The fourth-order valence-electron chi connectivity index (χ4n) is 4.32. The fraction of sp³-hybridized carbons (Fsp3) is 0.458. The van der Waals surface area contributed by atoms with Gasteiger partial charge in [0.2, 0.25) is 5.91 Å². The summed E-state index contributed by atoms with van der Waals surface area (Å²) < 4.78 is 13.0. The maximum absolute atomic E-state index is 13.4. The van der Waals surface area contributed by atoms with E-state index in [0.29, 0.717) is 17.9 Å². The van der Waals surface area contributed by atoms with Crippen molar-refractivity contribution in [2.45, 2.75) is 31.7 Å². The lowest BCUT2D eigenvalue weighted by Gasteiger charge is -2.30. The second-order valence-corrected chi connectivity index (χ2v) is 8.44. The number of likely N-dealkylation sites (N-methyl/N-ethyl adjacent to an activating group) is 1. The van der Waals surface area contributed by atoms with Crippen LogP contribution in [-0.2, 0) is 16.6 Å². The largest absolute Gasteiger partial charge is 0.497 e. The van der Waals surface area contributed by atoms with Gasteiger partial charge in [-0.25, -0.2) is 5.01 Å². The van der Waals surface area contributed by atoms with Crippen LogP contribution in [-0.4, -0.2) is 59.8 Å². The van der Waals surface area contributed by atoms with Crippen LogP contribution in [0, 0.1) is 5.92 Å². The summed E-state index contributed by atoms with van der Waals surface area (Å²) in [6, 6.07) is 9.13.